The minimum Gasteiger partial charge on any atom is -0.305 e. The van der Waals surface area contributed by atoms with Crippen LogP contribution < -0.4 is 10.4 Å². The van der Waals surface area contributed by atoms with Gasteiger partial charge >= 0.3 is 0 Å². The van der Waals surface area contributed by atoms with Crippen LogP contribution in [0.3, 0.4) is 0 Å². The second-order valence-electron chi connectivity index (χ2n) is 7.43. The molecule has 0 saturated heterocycles. The highest BCUT2D eigenvalue weighted by Crippen LogP contribution is 2.38. The Morgan fingerprint density at radius 2 is 1.48 bits per heavy atom. The molecule has 1 heterocycles. The van der Waals surface area contributed by atoms with Gasteiger partial charge in [-0.05, 0) is 47.0 Å². The quantitative estimate of drug-likeness (QED) is 0.366. The lowest BCUT2D eigenvalue weighted by atomic mass is 9.97. The largest absolute Gasteiger partial charge is 0.305 e. The van der Waals surface area contributed by atoms with Crippen molar-refractivity contribution >= 4 is 17.3 Å². The molecule has 0 bridgehead atoms. The average Bonchev–Trinajstić information content (AvgIpc) is 3.30. The zero-order valence-electron chi connectivity index (χ0n) is 16.7. The predicted octanol–water partition coefficient (Wildman–Crippen LogP) is 7.39. The van der Waals surface area contributed by atoms with E-state index >= 15 is 4.39 Å². The number of anilines is 1. The molecule has 4 aromatic rings. The first-order valence-corrected chi connectivity index (χ1v) is 10.5. The molecule has 31 heavy (non-hydrogen) atoms. The Hall–Kier alpha value is -3.56. The smallest absolute Gasteiger partial charge is 0.131 e. The Morgan fingerprint density at radius 3 is 2.26 bits per heavy atom. The number of para-hydroxylation sites is 1. The molecule has 0 aliphatic carbocycles. The zero-order chi connectivity index (χ0) is 21.2. The Labute approximate surface area is 186 Å². The molecule has 0 fully saturated rings. The summed E-state index contributed by atoms with van der Waals surface area (Å²) >= 11 is 6.07. The molecule has 0 aromatic heterocycles. The van der Waals surface area contributed by atoms with Gasteiger partial charge in [0.05, 0.1) is 11.7 Å². The highest BCUT2D eigenvalue weighted by Gasteiger charge is 2.24. The van der Waals surface area contributed by atoms with Crippen LogP contribution in [0.2, 0.25) is 5.02 Å². The van der Waals surface area contributed by atoms with Crippen molar-refractivity contribution in [1.29, 1.82) is 0 Å². The van der Waals surface area contributed by atoms with Crippen LogP contribution in [0.25, 0.3) is 22.3 Å². The summed E-state index contributed by atoms with van der Waals surface area (Å²) in [7, 11) is 0. The Balaban J connectivity index is 1.53. The molecule has 1 aliphatic heterocycles. The average molecular weight is 427 g/mol. The molecule has 0 saturated carbocycles. The summed E-state index contributed by atoms with van der Waals surface area (Å²) in [4.78, 5) is 0. The van der Waals surface area contributed by atoms with E-state index in [4.69, 9.17) is 11.6 Å². The third kappa shape index (κ3) is 3.80. The number of hydrogen-bond donors (Lipinski definition) is 1. The van der Waals surface area contributed by atoms with Crippen molar-refractivity contribution in [1.82, 2.24) is 5.43 Å². The molecule has 1 N–H and O–H groups in total. The number of hydrogen-bond acceptors (Lipinski definition) is 2. The summed E-state index contributed by atoms with van der Waals surface area (Å²) in [6.45, 7) is 0. The van der Waals surface area contributed by atoms with E-state index in [1.165, 1.54) is 0 Å². The highest BCUT2D eigenvalue weighted by molar-refractivity contribution is 6.30. The standard InChI is InChI=1S/C27H20ClFN2/c28-22-13-10-20(11-14-22)26-16-17-30-31(26)27-9-5-4-8-24(27)21-12-15-23(25(29)18-21)19-6-2-1-3-7-19/h1-18,26,30H. The molecule has 1 unspecified atom stereocenters. The monoisotopic (exact) mass is 426 g/mol. The lowest BCUT2D eigenvalue weighted by Crippen LogP contribution is -2.32. The van der Waals surface area contributed by atoms with Gasteiger partial charge in [-0.3, -0.25) is 5.01 Å². The van der Waals surface area contributed by atoms with Crippen LogP contribution >= 0.6 is 11.6 Å². The van der Waals surface area contributed by atoms with Gasteiger partial charge in [-0.15, -0.1) is 0 Å². The normalized spacial score (nSPS) is 15.2. The molecular formula is C27H20ClFN2. The number of benzene rings is 4. The molecule has 5 rings (SSSR count). The third-order valence-electron chi connectivity index (χ3n) is 5.51. The van der Waals surface area contributed by atoms with Crippen LogP contribution in [-0.2, 0) is 0 Å². The second-order valence-corrected chi connectivity index (χ2v) is 7.87. The first-order chi connectivity index (χ1) is 15.2. The van der Waals surface area contributed by atoms with Crippen molar-refractivity contribution in [3.05, 3.63) is 126 Å². The first-order valence-electron chi connectivity index (χ1n) is 10.1. The molecule has 1 atom stereocenters. The molecule has 2 nitrogen and oxygen atoms in total. The van der Waals surface area contributed by atoms with Gasteiger partial charge in [0.15, 0.2) is 0 Å². The minimum atomic E-state index is -0.236. The summed E-state index contributed by atoms with van der Waals surface area (Å²) in [6.07, 6.45) is 4.02. The molecule has 1 aliphatic rings. The van der Waals surface area contributed by atoms with Gasteiger partial charge in [0.2, 0.25) is 0 Å². The highest BCUT2D eigenvalue weighted by atomic mass is 35.5. The molecule has 0 spiro atoms. The topological polar surface area (TPSA) is 15.3 Å². The van der Waals surface area contributed by atoms with Crippen LogP contribution in [0.5, 0.6) is 0 Å². The van der Waals surface area contributed by atoms with E-state index in [1.54, 1.807) is 6.07 Å². The maximum atomic E-state index is 15.1. The van der Waals surface area contributed by atoms with Crippen molar-refractivity contribution in [3.63, 3.8) is 0 Å². The van der Waals surface area contributed by atoms with Gasteiger partial charge < -0.3 is 5.43 Å². The van der Waals surface area contributed by atoms with E-state index in [0.717, 1.165) is 27.9 Å². The number of rotatable bonds is 4. The van der Waals surface area contributed by atoms with Crippen LogP contribution in [0.15, 0.2) is 109 Å². The van der Waals surface area contributed by atoms with Gasteiger partial charge in [0.1, 0.15) is 5.82 Å². The number of nitrogens with one attached hydrogen (secondary N) is 1. The molecule has 152 valence electrons. The summed E-state index contributed by atoms with van der Waals surface area (Å²) in [5, 5.41) is 2.79. The fourth-order valence-electron chi connectivity index (χ4n) is 3.98. The molecule has 0 radical (unpaired) electrons. The van der Waals surface area contributed by atoms with Crippen LogP contribution in [0.4, 0.5) is 10.1 Å². The molecule has 4 heteroatoms. The third-order valence-corrected chi connectivity index (χ3v) is 5.76. The molecule has 0 amide bonds. The molecular weight excluding hydrogens is 407 g/mol. The van der Waals surface area contributed by atoms with Crippen LogP contribution in [-0.4, -0.2) is 0 Å². The lowest BCUT2D eigenvalue weighted by Gasteiger charge is -2.29. The fourth-order valence-corrected chi connectivity index (χ4v) is 4.11. The van der Waals surface area contributed by atoms with Gasteiger partial charge in [-0.1, -0.05) is 84.4 Å². The van der Waals surface area contributed by atoms with Crippen molar-refractivity contribution in [2.24, 2.45) is 0 Å². The summed E-state index contributed by atoms with van der Waals surface area (Å²) in [6, 6.07) is 30.9. The predicted molar refractivity (Wildman–Crippen MR) is 126 cm³/mol. The Kier molecular flexibility index (Phi) is 5.19. The summed E-state index contributed by atoms with van der Waals surface area (Å²) in [5.74, 6) is -0.236. The van der Waals surface area contributed by atoms with E-state index in [1.807, 2.05) is 97.2 Å². The van der Waals surface area contributed by atoms with Crippen LogP contribution in [0.1, 0.15) is 11.6 Å². The second kappa shape index (κ2) is 8.29. The van der Waals surface area contributed by atoms with Gasteiger partial charge in [-0.25, -0.2) is 4.39 Å². The van der Waals surface area contributed by atoms with E-state index < -0.39 is 0 Å². The van der Waals surface area contributed by atoms with E-state index in [0.29, 0.717) is 10.6 Å². The van der Waals surface area contributed by atoms with Crippen molar-refractivity contribution in [3.8, 4) is 22.3 Å². The SMILES string of the molecule is Fc1cc(-c2ccccc2N2NC=CC2c2ccc(Cl)cc2)ccc1-c1ccccc1. The van der Waals surface area contributed by atoms with Gasteiger partial charge in [0.25, 0.3) is 0 Å². The maximum absolute atomic E-state index is 15.1. The van der Waals surface area contributed by atoms with Crippen molar-refractivity contribution in [2.75, 3.05) is 5.01 Å². The Bertz CT molecular complexity index is 1240. The van der Waals surface area contributed by atoms with E-state index in [9.17, 15) is 0 Å². The zero-order valence-corrected chi connectivity index (χ0v) is 17.4. The number of nitrogens with zero attached hydrogens (tertiary/aromatic N) is 1. The Morgan fingerprint density at radius 1 is 0.742 bits per heavy atom. The van der Waals surface area contributed by atoms with Crippen molar-refractivity contribution in [2.45, 2.75) is 6.04 Å². The first kappa shape index (κ1) is 19.4. The molecule has 4 aromatic carbocycles. The number of halogens is 2. The van der Waals surface area contributed by atoms with Gasteiger partial charge in [-0.2, -0.15) is 0 Å². The van der Waals surface area contributed by atoms with Gasteiger partial charge in [0, 0.05) is 22.3 Å². The van der Waals surface area contributed by atoms with Crippen LogP contribution in [0, 0.1) is 5.82 Å². The van der Waals surface area contributed by atoms with E-state index in [-0.39, 0.29) is 11.9 Å². The fraction of sp³-hybridized carbons (Fsp3) is 0.0370. The summed E-state index contributed by atoms with van der Waals surface area (Å²) < 4.78 is 15.1. The number of hydrazine groups is 1. The maximum Gasteiger partial charge on any atom is 0.131 e. The minimum absolute atomic E-state index is 0.00635. The van der Waals surface area contributed by atoms with E-state index in [2.05, 4.69) is 16.5 Å². The van der Waals surface area contributed by atoms with Crippen molar-refractivity contribution < 1.29 is 4.39 Å². The summed E-state index contributed by atoms with van der Waals surface area (Å²) in [5.41, 5.74) is 8.66. The lowest BCUT2D eigenvalue weighted by molar-refractivity contribution is 0.632.